The quantitative estimate of drug-likeness (QED) is 0.612. The van der Waals surface area contributed by atoms with Gasteiger partial charge >= 0.3 is 0 Å². The van der Waals surface area contributed by atoms with Crippen molar-refractivity contribution in [3.63, 3.8) is 0 Å². The van der Waals surface area contributed by atoms with Crippen LogP contribution in [0.1, 0.15) is 12.7 Å². The molecule has 10 heteroatoms. The molecule has 0 aliphatic rings. The van der Waals surface area contributed by atoms with Crippen molar-refractivity contribution in [3.05, 3.63) is 5.82 Å². The Kier molecular flexibility index (Phi) is 4.45. The first-order valence-electron chi connectivity index (χ1n) is 5.52. The summed E-state index contributed by atoms with van der Waals surface area (Å²) in [5, 5.41) is 0.533. The van der Waals surface area contributed by atoms with Gasteiger partial charge in [0.05, 0.1) is 0 Å². The maximum Gasteiger partial charge on any atom is 0.242 e. The first-order valence-corrected chi connectivity index (χ1v) is 7.11. The number of hydrogen-bond acceptors (Lipinski definition) is 10. The Morgan fingerprint density at radius 2 is 2.05 bits per heavy atom. The second-order valence-corrected chi connectivity index (χ2v) is 5.68. The molecular weight excluding hydrogens is 284 g/mol. The summed E-state index contributed by atoms with van der Waals surface area (Å²) in [6.07, 6.45) is 0.812. The van der Waals surface area contributed by atoms with Crippen LogP contribution in [0.15, 0.2) is 9.50 Å². The van der Waals surface area contributed by atoms with E-state index < -0.39 is 0 Å². The molecule has 2 aromatic rings. The van der Waals surface area contributed by atoms with E-state index in [0.717, 1.165) is 16.6 Å². The number of nitrogen functional groups attached to an aromatic ring is 1. The van der Waals surface area contributed by atoms with Crippen LogP contribution in [0.4, 0.5) is 11.9 Å². The molecule has 0 atom stereocenters. The SMILES string of the molecule is CCc1nsc(Sc2nc(NN)nc(N(C)C)n2)n1. The van der Waals surface area contributed by atoms with Gasteiger partial charge in [-0.05, 0) is 23.3 Å². The molecule has 0 amide bonds. The van der Waals surface area contributed by atoms with Gasteiger partial charge in [-0.15, -0.1) is 0 Å². The average Bonchev–Trinajstić information content (AvgIpc) is 2.85. The lowest BCUT2D eigenvalue weighted by atomic mass is 10.5. The Balaban J connectivity index is 2.25. The van der Waals surface area contributed by atoms with Gasteiger partial charge in [0.15, 0.2) is 4.34 Å². The van der Waals surface area contributed by atoms with Gasteiger partial charge in [-0.1, -0.05) is 6.92 Å². The summed E-state index contributed by atoms with van der Waals surface area (Å²) in [7, 11) is 3.70. The van der Waals surface area contributed by atoms with E-state index in [4.69, 9.17) is 5.84 Å². The Morgan fingerprint density at radius 3 is 2.63 bits per heavy atom. The zero-order valence-corrected chi connectivity index (χ0v) is 12.4. The number of nitrogens with zero attached hydrogens (tertiary/aromatic N) is 6. The first kappa shape index (κ1) is 13.9. The van der Waals surface area contributed by atoms with Crippen molar-refractivity contribution in [1.29, 1.82) is 0 Å². The van der Waals surface area contributed by atoms with Crippen LogP contribution in [-0.4, -0.2) is 38.4 Å². The predicted octanol–water partition coefficient (Wildman–Crippen LogP) is 0.788. The third-order valence-electron chi connectivity index (χ3n) is 2.08. The molecule has 102 valence electrons. The summed E-state index contributed by atoms with van der Waals surface area (Å²) >= 11 is 2.68. The minimum absolute atomic E-state index is 0.321. The Bertz CT molecular complexity index is 555. The number of rotatable bonds is 5. The van der Waals surface area contributed by atoms with Gasteiger partial charge < -0.3 is 4.90 Å². The minimum Gasteiger partial charge on any atom is -0.347 e. The van der Waals surface area contributed by atoms with Gasteiger partial charge in [-0.25, -0.2) is 10.8 Å². The lowest BCUT2D eigenvalue weighted by Crippen LogP contribution is -2.17. The molecule has 0 saturated heterocycles. The van der Waals surface area contributed by atoms with Crippen LogP contribution in [0.3, 0.4) is 0 Å². The second kappa shape index (κ2) is 6.08. The monoisotopic (exact) mass is 298 g/mol. The van der Waals surface area contributed by atoms with Crippen LogP contribution in [0, 0.1) is 0 Å². The van der Waals surface area contributed by atoms with Crippen molar-refractivity contribution in [2.75, 3.05) is 24.4 Å². The molecule has 2 aromatic heterocycles. The van der Waals surface area contributed by atoms with Gasteiger partial charge in [0.25, 0.3) is 0 Å². The van der Waals surface area contributed by atoms with Crippen LogP contribution in [0.5, 0.6) is 0 Å². The molecule has 0 fully saturated rings. The summed E-state index contributed by atoms with van der Waals surface area (Å²) in [4.78, 5) is 18.8. The van der Waals surface area contributed by atoms with E-state index >= 15 is 0 Å². The van der Waals surface area contributed by atoms with Crippen molar-refractivity contribution in [3.8, 4) is 0 Å². The van der Waals surface area contributed by atoms with E-state index in [1.807, 2.05) is 21.0 Å². The third-order valence-corrected chi connectivity index (χ3v) is 3.73. The fraction of sp³-hybridized carbons (Fsp3) is 0.444. The largest absolute Gasteiger partial charge is 0.347 e. The number of hydrogen-bond donors (Lipinski definition) is 2. The maximum absolute atomic E-state index is 5.35. The molecule has 0 unspecified atom stereocenters. The smallest absolute Gasteiger partial charge is 0.242 e. The molecule has 2 heterocycles. The zero-order valence-electron chi connectivity index (χ0n) is 10.8. The molecule has 8 nitrogen and oxygen atoms in total. The molecule has 3 N–H and O–H groups in total. The number of aromatic nitrogens is 5. The van der Waals surface area contributed by atoms with Gasteiger partial charge in [-0.3, -0.25) is 5.43 Å². The van der Waals surface area contributed by atoms with Crippen molar-refractivity contribution < 1.29 is 0 Å². The van der Waals surface area contributed by atoms with Gasteiger partial charge in [0, 0.05) is 20.5 Å². The Hall–Kier alpha value is -1.52. The van der Waals surface area contributed by atoms with Crippen LogP contribution in [0.2, 0.25) is 0 Å². The summed E-state index contributed by atoms with van der Waals surface area (Å²) in [6, 6.07) is 0. The highest BCUT2D eigenvalue weighted by Gasteiger charge is 2.11. The lowest BCUT2D eigenvalue weighted by molar-refractivity contribution is 0.864. The van der Waals surface area contributed by atoms with E-state index in [1.165, 1.54) is 23.3 Å². The lowest BCUT2D eigenvalue weighted by Gasteiger charge is -2.11. The van der Waals surface area contributed by atoms with Crippen LogP contribution in [-0.2, 0) is 6.42 Å². The van der Waals surface area contributed by atoms with E-state index in [-0.39, 0.29) is 0 Å². The van der Waals surface area contributed by atoms with E-state index in [9.17, 15) is 0 Å². The number of nitrogens with two attached hydrogens (primary N) is 1. The van der Waals surface area contributed by atoms with Gasteiger partial charge in [0.2, 0.25) is 17.1 Å². The summed E-state index contributed by atoms with van der Waals surface area (Å²) in [5.74, 6) is 7.03. The molecule has 0 aliphatic carbocycles. The maximum atomic E-state index is 5.35. The highest BCUT2D eigenvalue weighted by molar-refractivity contribution is 8.00. The Labute approximate surface area is 119 Å². The molecule has 0 bridgehead atoms. The molecule has 0 aliphatic heterocycles. The second-order valence-electron chi connectivity index (χ2n) is 3.71. The fourth-order valence-corrected chi connectivity index (χ4v) is 2.71. The Morgan fingerprint density at radius 1 is 1.26 bits per heavy atom. The first-order chi connectivity index (χ1) is 9.12. The van der Waals surface area contributed by atoms with E-state index in [1.54, 1.807) is 4.90 Å². The highest BCUT2D eigenvalue weighted by Crippen LogP contribution is 2.27. The normalized spacial score (nSPS) is 10.5. The van der Waals surface area contributed by atoms with Crippen molar-refractivity contribution in [2.24, 2.45) is 5.84 Å². The predicted molar refractivity (Wildman–Crippen MR) is 75.4 cm³/mol. The molecule has 19 heavy (non-hydrogen) atoms. The van der Waals surface area contributed by atoms with E-state index in [2.05, 4.69) is 29.7 Å². The van der Waals surface area contributed by atoms with Crippen molar-refractivity contribution in [1.82, 2.24) is 24.3 Å². The molecule has 0 aromatic carbocycles. The van der Waals surface area contributed by atoms with Crippen LogP contribution >= 0.6 is 23.3 Å². The molecule has 0 spiro atoms. The summed E-state index contributed by atoms with van der Waals surface area (Å²) in [6.45, 7) is 2.01. The minimum atomic E-state index is 0.321. The number of hydrazine groups is 1. The fourth-order valence-electron chi connectivity index (χ4n) is 1.16. The molecule has 0 saturated carbocycles. The number of anilines is 2. The van der Waals surface area contributed by atoms with Gasteiger partial charge in [0.1, 0.15) is 5.82 Å². The number of aryl methyl sites for hydroxylation is 1. The molecular formula is C9H14N8S2. The van der Waals surface area contributed by atoms with E-state index in [0.29, 0.717) is 17.1 Å². The molecule has 2 rings (SSSR count). The standard InChI is InChI=1S/C9H14N8S2/c1-4-5-11-9(19-16-5)18-8-13-6(15-10)12-7(14-8)17(2)3/h4,10H2,1-3H3,(H,12,13,14,15). The van der Waals surface area contributed by atoms with Gasteiger partial charge in [-0.2, -0.15) is 19.3 Å². The van der Waals surface area contributed by atoms with Crippen molar-refractivity contribution >= 4 is 35.2 Å². The highest BCUT2D eigenvalue weighted by atomic mass is 32.2. The molecule has 0 radical (unpaired) electrons. The van der Waals surface area contributed by atoms with Crippen LogP contribution in [0.25, 0.3) is 0 Å². The van der Waals surface area contributed by atoms with Crippen molar-refractivity contribution in [2.45, 2.75) is 22.8 Å². The summed E-state index contributed by atoms with van der Waals surface area (Å²) in [5.41, 5.74) is 2.43. The topological polar surface area (TPSA) is 106 Å². The zero-order chi connectivity index (χ0) is 13.8. The van der Waals surface area contributed by atoms with Crippen LogP contribution < -0.4 is 16.2 Å². The summed E-state index contributed by atoms with van der Waals surface area (Å²) < 4.78 is 5.02. The third kappa shape index (κ3) is 3.49. The average molecular weight is 298 g/mol. The number of nitrogens with one attached hydrogen (secondary N) is 1.